The largest absolute Gasteiger partial charge is 0.694 e. The van der Waals surface area contributed by atoms with E-state index in [1.54, 1.807) is 6.92 Å². The van der Waals surface area contributed by atoms with Crippen molar-refractivity contribution < 1.29 is 14.0 Å². The minimum absolute atomic E-state index is 0. The van der Waals surface area contributed by atoms with Gasteiger partial charge in [0.2, 0.25) is 0 Å². The van der Waals surface area contributed by atoms with Crippen LogP contribution >= 0.6 is 8.25 Å². The monoisotopic (exact) mass is 136 g/mol. The van der Waals surface area contributed by atoms with Crippen LogP contribution in [0.2, 0.25) is 0 Å². The Labute approximate surface area is 53.8 Å². The third-order valence-corrected chi connectivity index (χ3v) is 0.719. The van der Waals surface area contributed by atoms with Gasteiger partial charge in [-0.1, -0.05) is 0 Å². The molecule has 5 heteroatoms. The molecule has 0 saturated carbocycles. The highest BCUT2D eigenvalue weighted by Crippen LogP contribution is 2.12. The minimum atomic E-state index is -2.35. The van der Waals surface area contributed by atoms with Crippen LogP contribution in [0.15, 0.2) is 0 Å². The zero-order chi connectivity index (χ0) is 4.99. The van der Waals surface area contributed by atoms with Crippen LogP contribution < -0.4 is 0 Å². The quantitative estimate of drug-likeness (QED) is 0.438. The van der Waals surface area contributed by atoms with Gasteiger partial charge < -0.3 is 0 Å². The standard InChI is InChI=1S/C2H5O3P.Al/c1-2-5-6(3)4;/h2H2,1H3;/p+1. The lowest BCUT2D eigenvalue weighted by Gasteiger charge is -1.68. The Morgan fingerprint density at radius 2 is 2.29 bits per heavy atom. The van der Waals surface area contributed by atoms with Gasteiger partial charge in [0.05, 0.1) is 0 Å². The molecule has 3 nitrogen and oxygen atoms in total. The first kappa shape index (κ1) is 10.5. The second kappa shape index (κ2) is 6.55. The van der Waals surface area contributed by atoms with Gasteiger partial charge in [0.25, 0.3) is 0 Å². The predicted octanol–water partition coefficient (Wildman–Crippen LogP) is 0.292. The van der Waals surface area contributed by atoms with E-state index in [-0.39, 0.29) is 17.4 Å². The Balaban J connectivity index is 0. The summed E-state index contributed by atoms with van der Waals surface area (Å²) >= 11 is 0. The van der Waals surface area contributed by atoms with Gasteiger partial charge in [-0.3, -0.25) is 0 Å². The second-order valence-electron chi connectivity index (χ2n) is 0.656. The van der Waals surface area contributed by atoms with Crippen molar-refractivity contribution in [3.05, 3.63) is 0 Å². The summed E-state index contributed by atoms with van der Waals surface area (Å²) in [6.45, 7) is 1.95. The Kier molecular flexibility index (Phi) is 9.85. The molecule has 0 saturated heterocycles. The fraction of sp³-hybridized carbons (Fsp3) is 1.00. The lowest BCUT2D eigenvalue weighted by molar-refractivity contribution is 0.297. The summed E-state index contributed by atoms with van der Waals surface area (Å²) in [6.07, 6.45) is 0. The van der Waals surface area contributed by atoms with Gasteiger partial charge in [0.1, 0.15) is 6.61 Å². The molecule has 0 heterocycles. The van der Waals surface area contributed by atoms with Crippen molar-refractivity contribution in [3.8, 4) is 0 Å². The summed E-state index contributed by atoms with van der Waals surface area (Å²) in [5, 5.41) is 0. The van der Waals surface area contributed by atoms with Gasteiger partial charge in [-0.15, -0.1) is 9.42 Å². The van der Waals surface area contributed by atoms with Crippen LogP contribution in [0.4, 0.5) is 0 Å². The molecular formula is C2H6AlO3P+. The molecule has 3 radical (unpaired) electrons. The molecule has 0 bridgehead atoms. The molecule has 0 aliphatic heterocycles. The zero-order valence-electron chi connectivity index (χ0n) is 4.00. The smallest absolute Gasteiger partial charge is 0.133 e. The van der Waals surface area contributed by atoms with Crippen LogP contribution in [0.3, 0.4) is 0 Å². The molecule has 0 aromatic rings. The number of hydrogen-bond donors (Lipinski definition) is 1. The average molecular weight is 136 g/mol. The average Bonchev–Trinajstić information content (AvgIpc) is 1.35. The maximum atomic E-state index is 9.53. The Morgan fingerprint density at radius 1 is 1.86 bits per heavy atom. The topological polar surface area (TPSA) is 46.5 Å². The molecule has 1 N–H and O–H groups in total. The van der Waals surface area contributed by atoms with Crippen molar-refractivity contribution in [2.45, 2.75) is 6.92 Å². The molecule has 1 atom stereocenters. The van der Waals surface area contributed by atoms with Crippen molar-refractivity contribution >= 4 is 25.6 Å². The molecular weight excluding hydrogens is 130 g/mol. The Morgan fingerprint density at radius 3 is 2.29 bits per heavy atom. The van der Waals surface area contributed by atoms with Gasteiger partial charge >= 0.3 is 8.25 Å². The Bertz CT molecular complexity index is 56.9. The number of rotatable bonds is 2. The van der Waals surface area contributed by atoms with Gasteiger partial charge in [-0.2, -0.15) is 0 Å². The van der Waals surface area contributed by atoms with Crippen LogP contribution in [0.5, 0.6) is 0 Å². The third kappa shape index (κ3) is 10.8. The highest BCUT2D eigenvalue weighted by Gasteiger charge is 2.06. The summed E-state index contributed by atoms with van der Waals surface area (Å²) in [5.41, 5.74) is 0. The van der Waals surface area contributed by atoms with E-state index in [0.717, 1.165) is 0 Å². The second-order valence-corrected chi connectivity index (χ2v) is 1.39. The normalized spacial score (nSPS) is 9.71. The first-order chi connectivity index (χ1) is 2.77. The molecule has 0 aromatic heterocycles. The summed E-state index contributed by atoms with van der Waals surface area (Å²) in [4.78, 5) is 7.84. The molecule has 0 spiro atoms. The molecule has 0 aliphatic rings. The van der Waals surface area contributed by atoms with Crippen molar-refractivity contribution in [1.29, 1.82) is 0 Å². The van der Waals surface area contributed by atoms with Crippen LogP contribution in [0.25, 0.3) is 0 Å². The van der Waals surface area contributed by atoms with Crippen LogP contribution in [0.1, 0.15) is 6.92 Å². The molecule has 1 unspecified atom stereocenters. The molecule has 0 rings (SSSR count). The summed E-state index contributed by atoms with van der Waals surface area (Å²) in [6, 6.07) is 0. The van der Waals surface area contributed by atoms with Gasteiger partial charge in [-0.05, 0) is 6.92 Å². The van der Waals surface area contributed by atoms with Gasteiger partial charge in [0, 0.05) is 21.9 Å². The molecule has 0 aliphatic carbocycles. The Hall–Kier alpha value is 0.552. The molecule has 39 valence electrons. The van der Waals surface area contributed by atoms with Crippen LogP contribution in [0, 0.1) is 0 Å². The molecule has 0 aromatic carbocycles. The van der Waals surface area contributed by atoms with E-state index >= 15 is 0 Å². The summed E-state index contributed by atoms with van der Waals surface area (Å²) < 4.78 is 13.6. The van der Waals surface area contributed by atoms with E-state index in [1.807, 2.05) is 0 Å². The number of hydrogen-bond acceptors (Lipinski definition) is 2. The highest BCUT2D eigenvalue weighted by molar-refractivity contribution is 7.32. The minimum Gasteiger partial charge on any atom is -0.133 e. The van der Waals surface area contributed by atoms with E-state index < -0.39 is 8.25 Å². The van der Waals surface area contributed by atoms with Crippen molar-refractivity contribution in [2.24, 2.45) is 0 Å². The maximum absolute atomic E-state index is 9.53. The lowest BCUT2D eigenvalue weighted by Crippen LogP contribution is -1.72. The molecule has 7 heavy (non-hydrogen) atoms. The van der Waals surface area contributed by atoms with Crippen molar-refractivity contribution in [1.82, 2.24) is 0 Å². The fourth-order valence-electron chi connectivity index (χ4n) is 0.110. The van der Waals surface area contributed by atoms with E-state index in [2.05, 4.69) is 4.52 Å². The van der Waals surface area contributed by atoms with Crippen LogP contribution in [-0.2, 0) is 9.09 Å². The van der Waals surface area contributed by atoms with E-state index in [9.17, 15) is 4.57 Å². The SMILES string of the molecule is CCO[P+](=O)O.[Al]. The van der Waals surface area contributed by atoms with E-state index in [4.69, 9.17) is 4.89 Å². The maximum Gasteiger partial charge on any atom is 0.694 e. The van der Waals surface area contributed by atoms with Gasteiger partial charge in [0.15, 0.2) is 0 Å². The van der Waals surface area contributed by atoms with E-state index in [0.29, 0.717) is 6.61 Å². The molecule has 0 fully saturated rings. The van der Waals surface area contributed by atoms with Crippen molar-refractivity contribution in [3.63, 3.8) is 0 Å². The lowest BCUT2D eigenvalue weighted by atomic mass is 10.9. The first-order valence-corrected chi connectivity index (χ1v) is 2.69. The summed E-state index contributed by atoms with van der Waals surface area (Å²) in [7, 11) is -2.35. The predicted molar refractivity (Wildman–Crippen MR) is 27.2 cm³/mol. The van der Waals surface area contributed by atoms with E-state index in [1.165, 1.54) is 0 Å². The first-order valence-electron chi connectivity index (χ1n) is 1.56. The molecule has 0 amide bonds. The fourth-order valence-corrected chi connectivity index (χ4v) is 0.331. The zero-order valence-corrected chi connectivity index (χ0v) is 6.04. The van der Waals surface area contributed by atoms with Crippen LogP contribution in [-0.4, -0.2) is 28.9 Å². The summed E-state index contributed by atoms with van der Waals surface area (Å²) in [5.74, 6) is 0. The highest BCUT2D eigenvalue weighted by atomic mass is 31.1. The third-order valence-electron chi connectivity index (χ3n) is 0.240. The van der Waals surface area contributed by atoms with Gasteiger partial charge in [-0.25, -0.2) is 0 Å². The van der Waals surface area contributed by atoms with Crippen molar-refractivity contribution in [2.75, 3.05) is 6.61 Å².